The highest BCUT2D eigenvalue weighted by Gasteiger charge is 2.31. The summed E-state index contributed by atoms with van der Waals surface area (Å²) in [5.74, 6) is -0.236. The van der Waals surface area contributed by atoms with Gasteiger partial charge in [0.15, 0.2) is 0 Å². The normalized spacial score (nSPS) is 13.2. The Morgan fingerprint density at radius 1 is 1.12 bits per heavy atom. The number of hydrogen-bond acceptors (Lipinski definition) is 6. The second-order valence-electron chi connectivity index (χ2n) is 7.81. The highest BCUT2D eigenvalue weighted by Crippen LogP contribution is 2.27. The SMILES string of the molecule is CCOC(=O)CNC(=O)Nc1cc(CN(C(=O)N(OC)C2CCCC2)c2ccccc2)ccn1. The number of nitrogens with zero attached hydrogens (tertiary/aromatic N) is 3. The molecule has 1 heterocycles. The zero-order valence-corrected chi connectivity index (χ0v) is 19.5. The van der Waals surface area contributed by atoms with Crippen molar-refractivity contribution in [3.8, 4) is 0 Å². The van der Waals surface area contributed by atoms with E-state index in [2.05, 4.69) is 15.6 Å². The molecule has 10 nitrogen and oxygen atoms in total. The van der Waals surface area contributed by atoms with Crippen molar-refractivity contribution in [1.82, 2.24) is 15.4 Å². The average Bonchev–Trinajstić information content (AvgIpc) is 3.37. The topological polar surface area (TPSA) is 113 Å². The summed E-state index contributed by atoms with van der Waals surface area (Å²) in [6.45, 7) is 1.93. The number of amides is 4. The van der Waals surface area contributed by atoms with E-state index in [1.165, 1.54) is 12.2 Å². The van der Waals surface area contributed by atoms with E-state index < -0.39 is 12.0 Å². The van der Waals surface area contributed by atoms with Crippen LogP contribution in [0, 0.1) is 0 Å². The minimum Gasteiger partial charge on any atom is -0.465 e. The number of anilines is 2. The van der Waals surface area contributed by atoms with Crippen LogP contribution >= 0.6 is 0 Å². The number of esters is 1. The molecule has 1 saturated carbocycles. The van der Waals surface area contributed by atoms with Crippen LogP contribution < -0.4 is 15.5 Å². The molecule has 2 aromatic rings. The molecule has 0 bridgehead atoms. The summed E-state index contributed by atoms with van der Waals surface area (Å²) in [5, 5.41) is 6.48. The van der Waals surface area contributed by atoms with Crippen molar-refractivity contribution < 1.29 is 24.0 Å². The largest absolute Gasteiger partial charge is 0.465 e. The van der Waals surface area contributed by atoms with E-state index in [-0.39, 0.29) is 31.8 Å². The highest BCUT2D eigenvalue weighted by atomic mass is 16.7. The number of para-hydroxylation sites is 1. The molecular formula is C24H31N5O5. The van der Waals surface area contributed by atoms with Crippen molar-refractivity contribution in [3.05, 3.63) is 54.2 Å². The lowest BCUT2D eigenvalue weighted by Crippen LogP contribution is -2.46. The Hall–Kier alpha value is -3.66. The second-order valence-corrected chi connectivity index (χ2v) is 7.81. The summed E-state index contributed by atoms with van der Waals surface area (Å²) in [4.78, 5) is 48.3. The molecule has 2 N–H and O–H groups in total. The van der Waals surface area contributed by atoms with Crippen LogP contribution in [0.1, 0.15) is 38.2 Å². The Bertz CT molecular complexity index is 965. The average molecular weight is 470 g/mol. The van der Waals surface area contributed by atoms with Crippen molar-refractivity contribution in [1.29, 1.82) is 0 Å². The van der Waals surface area contributed by atoms with Crippen LogP contribution in [0.3, 0.4) is 0 Å². The van der Waals surface area contributed by atoms with Gasteiger partial charge < -0.3 is 10.1 Å². The van der Waals surface area contributed by atoms with Crippen LogP contribution in [0.25, 0.3) is 0 Å². The van der Waals surface area contributed by atoms with Gasteiger partial charge in [-0.2, -0.15) is 0 Å². The van der Waals surface area contributed by atoms with E-state index in [1.807, 2.05) is 30.3 Å². The fourth-order valence-electron chi connectivity index (χ4n) is 3.87. The van der Waals surface area contributed by atoms with Gasteiger partial charge in [0.2, 0.25) is 0 Å². The van der Waals surface area contributed by atoms with Crippen molar-refractivity contribution in [3.63, 3.8) is 0 Å². The van der Waals surface area contributed by atoms with E-state index in [9.17, 15) is 14.4 Å². The van der Waals surface area contributed by atoms with Gasteiger partial charge in [-0.15, -0.1) is 0 Å². The quantitative estimate of drug-likeness (QED) is 0.428. The maximum atomic E-state index is 13.5. The van der Waals surface area contributed by atoms with Crippen LogP contribution in [0.15, 0.2) is 48.7 Å². The first kappa shape index (κ1) is 25.0. The van der Waals surface area contributed by atoms with Crippen molar-refractivity contribution >= 4 is 29.5 Å². The number of benzene rings is 1. The van der Waals surface area contributed by atoms with Gasteiger partial charge in [-0.05, 0) is 49.6 Å². The van der Waals surface area contributed by atoms with Crippen LogP contribution in [0.2, 0.25) is 0 Å². The molecule has 0 unspecified atom stereocenters. The van der Waals surface area contributed by atoms with Gasteiger partial charge in [-0.1, -0.05) is 31.0 Å². The second kappa shape index (κ2) is 12.5. The smallest absolute Gasteiger partial charge is 0.348 e. The van der Waals surface area contributed by atoms with Crippen molar-refractivity contribution in [2.24, 2.45) is 0 Å². The summed E-state index contributed by atoms with van der Waals surface area (Å²) in [6, 6.07) is 12.0. The molecule has 3 rings (SSSR count). The van der Waals surface area contributed by atoms with Gasteiger partial charge in [0.25, 0.3) is 0 Å². The lowest BCUT2D eigenvalue weighted by atomic mass is 10.2. The van der Waals surface area contributed by atoms with Gasteiger partial charge in [0.05, 0.1) is 26.3 Å². The predicted octanol–water partition coefficient (Wildman–Crippen LogP) is 3.70. The molecule has 0 atom stereocenters. The Labute approximate surface area is 199 Å². The zero-order chi connectivity index (χ0) is 24.3. The summed E-state index contributed by atoms with van der Waals surface area (Å²) in [7, 11) is 1.52. The Kier molecular flexibility index (Phi) is 9.21. The Morgan fingerprint density at radius 3 is 2.53 bits per heavy atom. The third-order valence-corrected chi connectivity index (χ3v) is 5.45. The number of carbonyl (C=O) groups is 3. The number of urea groups is 2. The summed E-state index contributed by atoms with van der Waals surface area (Å²) in [5.41, 5.74) is 1.49. The molecule has 0 saturated heterocycles. The molecule has 1 fully saturated rings. The molecule has 1 aliphatic carbocycles. The first-order valence-electron chi connectivity index (χ1n) is 11.4. The van der Waals surface area contributed by atoms with Gasteiger partial charge in [-0.3, -0.25) is 19.8 Å². The van der Waals surface area contributed by atoms with E-state index in [0.717, 1.165) is 36.9 Å². The number of rotatable bonds is 9. The number of hydrogen-bond donors (Lipinski definition) is 2. The number of ether oxygens (including phenoxy) is 1. The lowest BCUT2D eigenvalue weighted by molar-refractivity contribution is -0.141. The molecule has 34 heavy (non-hydrogen) atoms. The molecule has 182 valence electrons. The number of carbonyl (C=O) groups excluding carboxylic acids is 3. The number of hydroxylamine groups is 2. The zero-order valence-electron chi connectivity index (χ0n) is 19.5. The highest BCUT2D eigenvalue weighted by molar-refractivity contribution is 5.92. The van der Waals surface area contributed by atoms with Gasteiger partial charge in [0.1, 0.15) is 12.4 Å². The minimum absolute atomic E-state index is 0.0430. The summed E-state index contributed by atoms with van der Waals surface area (Å²) < 4.78 is 4.79. The standard InChI is InChI=1S/C24H31N5O5/c1-3-34-22(30)16-26-23(31)27-21-15-18(13-14-25-21)17-28(19-9-5-4-6-10-19)24(32)29(33-2)20-11-7-8-12-20/h4-6,9-10,13-15,20H,3,7-8,11-12,16-17H2,1-2H3,(H2,25,26,27,31). The number of pyridine rings is 1. The molecule has 10 heteroatoms. The molecule has 1 aromatic heterocycles. The molecular weight excluding hydrogens is 438 g/mol. The van der Waals surface area contributed by atoms with Crippen molar-refractivity contribution in [2.45, 2.75) is 45.2 Å². The maximum Gasteiger partial charge on any atom is 0.348 e. The molecule has 4 amide bonds. The van der Waals surface area contributed by atoms with Crippen molar-refractivity contribution in [2.75, 3.05) is 30.5 Å². The molecule has 1 aliphatic rings. The third-order valence-electron chi connectivity index (χ3n) is 5.45. The molecule has 1 aromatic carbocycles. The van der Waals surface area contributed by atoms with E-state index in [4.69, 9.17) is 9.57 Å². The number of aromatic nitrogens is 1. The van der Waals surface area contributed by atoms with Crippen LogP contribution in [0.4, 0.5) is 21.1 Å². The van der Waals surface area contributed by atoms with Gasteiger partial charge in [0, 0.05) is 11.9 Å². The first-order chi connectivity index (χ1) is 16.5. The fraction of sp³-hybridized carbons (Fsp3) is 0.417. The summed E-state index contributed by atoms with van der Waals surface area (Å²) in [6.07, 6.45) is 5.51. The third kappa shape index (κ3) is 6.92. The van der Waals surface area contributed by atoms with Gasteiger partial charge in [-0.25, -0.2) is 19.6 Å². The van der Waals surface area contributed by atoms with E-state index in [0.29, 0.717) is 5.82 Å². The lowest BCUT2D eigenvalue weighted by Gasteiger charge is -2.32. The molecule has 0 radical (unpaired) electrons. The monoisotopic (exact) mass is 469 g/mol. The van der Waals surface area contributed by atoms with Crippen LogP contribution in [-0.2, 0) is 20.9 Å². The maximum absolute atomic E-state index is 13.5. The van der Waals surface area contributed by atoms with Crippen LogP contribution in [-0.4, -0.2) is 54.4 Å². The van der Waals surface area contributed by atoms with Crippen LogP contribution in [0.5, 0.6) is 0 Å². The summed E-state index contributed by atoms with van der Waals surface area (Å²) >= 11 is 0. The number of nitrogens with one attached hydrogen (secondary N) is 2. The Balaban J connectivity index is 1.73. The van der Waals surface area contributed by atoms with E-state index >= 15 is 0 Å². The minimum atomic E-state index is -0.583. The first-order valence-corrected chi connectivity index (χ1v) is 11.4. The predicted molar refractivity (Wildman–Crippen MR) is 127 cm³/mol. The van der Waals surface area contributed by atoms with Gasteiger partial charge >= 0.3 is 18.0 Å². The molecule has 0 spiro atoms. The van der Waals surface area contributed by atoms with E-state index in [1.54, 1.807) is 30.2 Å². The fourth-order valence-corrected chi connectivity index (χ4v) is 3.87. The molecule has 0 aliphatic heterocycles. The Morgan fingerprint density at radius 2 is 1.85 bits per heavy atom.